The maximum atomic E-state index is 4.39. The fraction of sp³-hybridized carbons (Fsp3) is 0.143. The standard InChI is InChI=1S/C40H44N2.C2H4/c1-10-24-31(13-4)41(33-26-20-18-21-27-33)39-35(15-6)36(16-7)40(38(30(9)12-3)37(39)17-8)42(32(14-5)25-11-2)34-28-22-19-23-29-34;1-2/h10-11,13-30H,2,5-8,12H2,1,3-4,9H3;1-2H2/b24-10-,31-13+,32-25+;. The van der Waals surface area contributed by atoms with Gasteiger partial charge in [-0.15, -0.1) is 13.2 Å². The Labute approximate surface area is 267 Å². The van der Waals surface area contributed by atoms with E-state index in [2.05, 4.69) is 143 Å². The normalized spacial score (nSPS) is 12.0. The molecule has 1 atom stereocenters. The molecule has 0 spiro atoms. The molecule has 0 amide bonds. The zero-order chi connectivity index (χ0) is 32.6. The van der Waals surface area contributed by atoms with Crippen molar-refractivity contribution in [3.05, 3.63) is 177 Å². The molecule has 0 fully saturated rings. The molecule has 0 N–H and O–H groups in total. The Morgan fingerprint density at radius 2 is 1.18 bits per heavy atom. The summed E-state index contributed by atoms with van der Waals surface area (Å²) in [6.07, 6.45) is 18.8. The number of anilines is 4. The van der Waals surface area contributed by atoms with E-state index in [1.54, 1.807) is 6.08 Å². The summed E-state index contributed by atoms with van der Waals surface area (Å²) in [7, 11) is 0. The van der Waals surface area contributed by atoms with Gasteiger partial charge in [0.05, 0.1) is 11.4 Å². The molecule has 0 radical (unpaired) electrons. The van der Waals surface area contributed by atoms with E-state index in [9.17, 15) is 0 Å². The van der Waals surface area contributed by atoms with Gasteiger partial charge in [-0.05, 0) is 74.2 Å². The van der Waals surface area contributed by atoms with Crippen LogP contribution < -0.4 is 9.80 Å². The number of benzene rings is 3. The van der Waals surface area contributed by atoms with Crippen molar-refractivity contribution >= 4 is 41.0 Å². The SMILES string of the molecule is C=C.C=C/C=C(\C=C)N(c1ccccc1)c1c(C=C)c(C=C)c(N(C(/C=C\C)=C/C)c2ccccc2)c(C=C)c1C(C)CC. The summed E-state index contributed by atoms with van der Waals surface area (Å²) in [6.45, 7) is 35.9. The second-order valence-corrected chi connectivity index (χ2v) is 9.86. The molecule has 1 unspecified atom stereocenters. The molecule has 0 aliphatic carbocycles. The Balaban J connectivity index is 0.00000330. The minimum absolute atomic E-state index is 0.193. The van der Waals surface area contributed by atoms with Crippen LogP contribution >= 0.6 is 0 Å². The first-order valence-corrected chi connectivity index (χ1v) is 15.0. The fourth-order valence-electron chi connectivity index (χ4n) is 5.40. The monoisotopic (exact) mass is 580 g/mol. The minimum Gasteiger partial charge on any atom is -0.310 e. The number of rotatable bonds is 14. The smallest absolute Gasteiger partial charge is 0.0616 e. The van der Waals surface area contributed by atoms with Crippen molar-refractivity contribution in [1.82, 2.24) is 0 Å². The molecule has 0 aliphatic heterocycles. The molecule has 44 heavy (non-hydrogen) atoms. The highest BCUT2D eigenvalue weighted by atomic mass is 15.2. The van der Waals surface area contributed by atoms with Gasteiger partial charge in [-0.3, -0.25) is 0 Å². The molecule has 0 saturated carbocycles. The van der Waals surface area contributed by atoms with Gasteiger partial charge in [-0.1, -0.05) is 120 Å². The average Bonchev–Trinajstić information content (AvgIpc) is 3.08. The van der Waals surface area contributed by atoms with E-state index in [-0.39, 0.29) is 5.92 Å². The van der Waals surface area contributed by atoms with E-state index in [1.165, 1.54) is 5.56 Å². The second kappa shape index (κ2) is 17.8. The highest BCUT2D eigenvalue weighted by Crippen LogP contribution is 2.50. The lowest BCUT2D eigenvalue weighted by molar-refractivity contribution is 0.731. The highest BCUT2D eigenvalue weighted by Gasteiger charge is 2.31. The van der Waals surface area contributed by atoms with Gasteiger partial charge in [0.2, 0.25) is 0 Å². The summed E-state index contributed by atoms with van der Waals surface area (Å²) in [5.41, 5.74) is 10.3. The molecule has 226 valence electrons. The average molecular weight is 581 g/mol. The van der Waals surface area contributed by atoms with Gasteiger partial charge in [0, 0.05) is 39.5 Å². The lowest BCUT2D eigenvalue weighted by atomic mass is 9.83. The summed E-state index contributed by atoms with van der Waals surface area (Å²) in [5.74, 6) is 0.193. The van der Waals surface area contributed by atoms with Gasteiger partial charge in [0.15, 0.2) is 0 Å². The van der Waals surface area contributed by atoms with Gasteiger partial charge < -0.3 is 9.80 Å². The van der Waals surface area contributed by atoms with Gasteiger partial charge >= 0.3 is 0 Å². The predicted molar refractivity (Wildman–Crippen MR) is 201 cm³/mol. The van der Waals surface area contributed by atoms with Crippen LogP contribution in [0.1, 0.15) is 62.3 Å². The molecule has 0 bridgehead atoms. The van der Waals surface area contributed by atoms with E-state index in [4.69, 9.17) is 0 Å². The summed E-state index contributed by atoms with van der Waals surface area (Å²) in [6, 6.07) is 20.8. The van der Waals surface area contributed by atoms with Gasteiger partial charge in [0.1, 0.15) is 0 Å². The van der Waals surface area contributed by atoms with Crippen LogP contribution in [0.25, 0.3) is 18.2 Å². The third-order valence-electron chi connectivity index (χ3n) is 7.44. The molecule has 0 aromatic heterocycles. The van der Waals surface area contributed by atoms with E-state index >= 15 is 0 Å². The third kappa shape index (κ3) is 7.27. The molecule has 3 aromatic rings. The molecular formula is C42H48N2. The van der Waals surface area contributed by atoms with Gasteiger partial charge in [-0.25, -0.2) is 0 Å². The van der Waals surface area contributed by atoms with Crippen LogP contribution in [0.3, 0.4) is 0 Å². The van der Waals surface area contributed by atoms with Crippen LogP contribution in [0, 0.1) is 0 Å². The number of hydrogen-bond acceptors (Lipinski definition) is 2. The zero-order valence-corrected chi connectivity index (χ0v) is 27.1. The zero-order valence-electron chi connectivity index (χ0n) is 27.1. The molecule has 0 heterocycles. The van der Waals surface area contributed by atoms with Gasteiger partial charge in [0.25, 0.3) is 0 Å². The first kappa shape index (κ1) is 35.1. The lowest BCUT2D eigenvalue weighted by Crippen LogP contribution is -2.24. The molecular weight excluding hydrogens is 532 g/mol. The largest absolute Gasteiger partial charge is 0.310 e. The number of para-hydroxylation sites is 2. The topological polar surface area (TPSA) is 6.48 Å². The Morgan fingerprint density at radius 1 is 0.705 bits per heavy atom. The van der Waals surface area contributed by atoms with Crippen molar-refractivity contribution in [3.8, 4) is 0 Å². The summed E-state index contributed by atoms with van der Waals surface area (Å²) < 4.78 is 0. The van der Waals surface area contributed by atoms with E-state index in [1.807, 2.05) is 49.4 Å². The van der Waals surface area contributed by atoms with Crippen LogP contribution in [-0.2, 0) is 0 Å². The van der Waals surface area contributed by atoms with Crippen LogP contribution in [0.4, 0.5) is 22.7 Å². The van der Waals surface area contributed by atoms with Crippen LogP contribution in [0.2, 0.25) is 0 Å². The molecule has 0 aliphatic rings. The number of hydrogen-bond donors (Lipinski definition) is 0. The third-order valence-corrected chi connectivity index (χ3v) is 7.44. The molecule has 2 heteroatoms. The summed E-state index contributed by atoms with van der Waals surface area (Å²) in [4.78, 5) is 4.56. The maximum Gasteiger partial charge on any atom is 0.0616 e. The number of allylic oxidation sites excluding steroid dienone is 6. The Kier molecular flexibility index (Phi) is 14.2. The number of nitrogens with zero attached hydrogens (tertiary/aromatic N) is 2. The van der Waals surface area contributed by atoms with Gasteiger partial charge in [-0.2, -0.15) is 0 Å². The predicted octanol–water partition coefficient (Wildman–Crippen LogP) is 12.9. The molecule has 3 rings (SSSR count). The van der Waals surface area contributed by atoms with E-state index < -0.39 is 0 Å². The molecule has 2 nitrogen and oxygen atoms in total. The van der Waals surface area contributed by atoms with E-state index in [0.29, 0.717) is 0 Å². The molecule has 0 saturated heterocycles. The van der Waals surface area contributed by atoms with Crippen LogP contribution in [0.15, 0.2) is 155 Å². The molecule has 3 aromatic carbocycles. The van der Waals surface area contributed by atoms with Crippen molar-refractivity contribution in [2.75, 3.05) is 9.80 Å². The first-order chi connectivity index (χ1) is 21.5. The van der Waals surface area contributed by atoms with Crippen LogP contribution in [-0.4, -0.2) is 0 Å². The lowest BCUT2D eigenvalue weighted by Gasteiger charge is -2.37. The van der Waals surface area contributed by atoms with Crippen LogP contribution in [0.5, 0.6) is 0 Å². The Morgan fingerprint density at radius 3 is 1.57 bits per heavy atom. The van der Waals surface area contributed by atoms with Crippen molar-refractivity contribution in [3.63, 3.8) is 0 Å². The van der Waals surface area contributed by atoms with Crippen molar-refractivity contribution < 1.29 is 0 Å². The Hall–Kier alpha value is -5.08. The summed E-state index contributed by atoms with van der Waals surface area (Å²) in [5, 5.41) is 0. The quantitative estimate of drug-likeness (QED) is 0.138. The van der Waals surface area contributed by atoms with Crippen molar-refractivity contribution in [2.24, 2.45) is 0 Å². The van der Waals surface area contributed by atoms with Crippen molar-refractivity contribution in [1.29, 1.82) is 0 Å². The highest BCUT2D eigenvalue weighted by molar-refractivity contribution is 5.97. The second-order valence-electron chi connectivity index (χ2n) is 9.86. The maximum absolute atomic E-state index is 4.39. The van der Waals surface area contributed by atoms with Crippen molar-refractivity contribution in [2.45, 2.75) is 40.0 Å². The minimum atomic E-state index is 0.193. The summed E-state index contributed by atoms with van der Waals surface area (Å²) >= 11 is 0. The first-order valence-electron chi connectivity index (χ1n) is 15.0. The fourth-order valence-corrected chi connectivity index (χ4v) is 5.40. The Bertz CT molecular complexity index is 1530. The van der Waals surface area contributed by atoms with E-state index in [0.717, 1.165) is 57.3 Å².